The van der Waals surface area contributed by atoms with Crippen molar-refractivity contribution in [1.82, 2.24) is 4.98 Å². The van der Waals surface area contributed by atoms with Gasteiger partial charge in [0.1, 0.15) is 0 Å². The number of allylic oxidation sites excluding steroid dienone is 5. The normalized spacial score (nSPS) is 25.3. The summed E-state index contributed by atoms with van der Waals surface area (Å²) in [6.07, 6.45) is 14.6. The zero-order valence-electron chi connectivity index (χ0n) is 14.1. The van der Waals surface area contributed by atoms with Gasteiger partial charge in [-0.1, -0.05) is 76.3 Å². The van der Waals surface area contributed by atoms with Crippen LogP contribution in [0.3, 0.4) is 0 Å². The van der Waals surface area contributed by atoms with E-state index in [-0.39, 0.29) is 0 Å². The van der Waals surface area contributed by atoms with Crippen LogP contribution in [-0.2, 0) is 0 Å². The van der Waals surface area contributed by atoms with E-state index in [4.69, 9.17) is 0 Å². The van der Waals surface area contributed by atoms with E-state index in [1.54, 1.807) is 0 Å². The third-order valence-corrected chi connectivity index (χ3v) is 3.94. The molecule has 1 N–H and O–H groups in total. The standard InChI is InChI=1S/C19H21N.C2H6/c1-14-8-4-3-5-9-15(2)19-16-10-6-7-11-17(16)20-18(19)13-12-14;1-2/h4-15,20H,3H2,1-2H3;1-2H3/b8-4-,9-5-,13-12-;. The largest absolute Gasteiger partial charge is 0.355 e. The average molecular weight is 293 g/mol. The highest BCUT2D eigenvalue weighted by molar-refractivity contribution is 5.88. The zero-order chi connectivity index (χ0) is 15.9. The van der Waals surface area contributed by atoms with Gasteiger partial charge in [0.05, 0.1) is 0 Å². The van der Waals surface area contributed by atoms with Gasteiger partial charge in [0, 0.05) is 22.5 Å². The molecule has 0 aliphatic heterocycles. The molecule has 116 valence electrons. The summed E-state index contributed by atoms with van der Waals surface area (Å²) in [6, 6.07) is 8.57. The molecule has 0 saturated carbocycles. The van der Waals surface area contributed by atoms with E-state index in [0.29, 0.717) is 11.8 Å². The molecule has 3 rings (SSSR count). The van der Waals surface area contributed by atoms with Gasteiger partial charge in [-0.15, -0.1) is 0 Å². The minimum atomic E-state index is 0.424. The molecule has 2 aromatic rings. The molecule has 1 nitrogen and oxygen atoms in total. The summed E-state index contributed by atoms with van der Waals surface area (Å²) >= 11 is 0. The lowest BCUT2D eigenvalue weighted by Gasteiger charge is -2.07. The Bertz CT molecular complexity index is 685. The molecule has 1 aromatic heterocycles. The summed E-state index contributed by atoms with van der Waals surface area (Å²) in [5.74, 6) is 0.892. The minimum absolute atomic E-state index is 0.424. The van der Waals surface area contributed by atoms with Crippen LogP contribution in [0.4, 0.5) is 0 Å². The van der Waals surface area contributed by atoms with Gasteiger partial charge in [0.15, 0.2) is 0 Å². The van der Waals surface area contributed by atoms with Gasteiger partial charge in [-0.05, 0) is 30.0 Å². The van der Waals surface area contributed by atoms with Crippen LogP contribution in [0.15, 0.2) is 54.6 Å². The third kappa shape index (κ3) is 3.59. The molecule has 0 radical (unpaired) electrons. The van der Waals surface area contributed by atoms with E-state index in [2.05, 4.69) is 79.6 Å². The first-order valence-corrected chi connectivity index (χ1v) is 8.38. The number of nitrogens with one attached hydrogen (secondary N) is 1. The summed E-state index contributed by atoms with van der Waals surface area (Å²) in [6.45, 7) is 8.49. The molecule has 1 heteroatoms. The van der Waals surface area contributed by atoms with Crippen LogP contribution in [-0.4, -0.2) is 4.98 Å². The van der Waals surface area contributed by atoms with Crippen LogP contribution in [0.5, 0.6) is 0 Å². The van der Waals surface area contributed by atoms with Crippen molar-refractivity contribution in [1.29, 1.82) is 0 Å². The quantitative estimate of drug-likeness (QED) is 0.536. The number of benzene rings is 1. The number of para-hydroxylation sites is 1. The second-order valence-electron chi connectivity index (χ2n) is 5.60. The molecule has 1 aliphatic rings. The lowest BCUT2D eigenvalue weighted by molar-refractivity contribution is 0.939. The Morgan fingerprint density at radius 2 is 1.68 bits per heavy atom. The Hall–Kier alpha value is -2.02. The Morgan fingerprint density at radius 1 is 0.955 bits per heavy atom. The molecule has 0 saturated heterocycles. The monoisotopic (exact) mass is 293 g/mol. The van der Waals surface area contributed by atoms with Gasteiger partial charge in [-0.3, -0.25) is 0 Å². The van der Waals surface area contributed by atoms with Crippen molar-refractivity contribution in [3.8, 4) is 0 Å². The fourth-order valence-corrected chi connectivity index (χ4v) is 2.87. The summed E-state index contributed by atoms with van der Waals surface area (Å²) in [5.41, 5.74) is 3.87. The first-order chi connectivity index (χ1) is 10.8. The number of H-pyrrole nitrogens is 1. The second-order valence-corrected chi connectivity index (χ2v) is 5.60. The zero-order valence-corrected chi connectivity index (χ0v) is 14.1. The number of fused-ring (bicyclic) bond motifs is 3. The Morgan fingerprint density at radius 3 is 2.50 bits per heavy atom. The molecular weight excluding hydrogens is 266 g/mol. The molecule has 2 unspecified atom stereocenters. The number of aromatic nitrogens is 1. The summed E-state index contributed by atoms with van der Waals surface area (Å²) < 4.78 is 0. The van der Waals surface area contributed by atoms with Crippen molar-refractivity contribution in [3.05, 3.63) is 65.9 Å². The smallest absolute Gasteiger partial charge is 0.0461 e. The number of rotatable bonds is 0. The van der Waals surface area contributed by atoms with Gasteiger partial charge < -0.3 is 4.98 Å². The van der Waals surface area contributed by atoms with Gasteiger partial charge in [0.25, 0.3) is 0 Å². The fraction of sp³-hybridized carbons (Fsp3) is 0.333. The maximum atomic E-state index is 3.56. The molecule has 0 bridgehead atoms. The molecule has 1 heterocycles. The van der Waals surface area contributed by atoms with Crippen molar-refractivity contribution in [2.75, 3.05) is 0 Å². The van der Waals surface area contributed by atoms with Crippen molar-refractivity contribution < 1.29 is 0 Å². The lowest BCUT2D eigenvalue weighted by Crippen LogP contribution is -1.91. The van der Waals surface area contributed by atoms with Crippen LogP contribution < -0.4 is 0 Å². The molecular formula is C21H27N. The first kappa shape index (κ1) is 16.4. The summed E-state index contributed by atoms with van der Waals surface area (Å²) in [4.78, 5) is 3.56. The van der Waals surface area contributed by atoms with Crippen LogP contribution in [0.2, 0.25) is 0 Å². The molecule has 0 amide bonds. The molecule has 2 atom stereocenters. The van der Waals surface area contributed by atoms with Crippen molar-refractivity contribution in [2.24, 2.45) is 5.92 Å². The highest BCUT2D eigenvalue weighted by Gasteiger charge is 2.14. The number of hydrogen-bond acceptors (Lipinski definition) is 0. The first-order valence-electron chi connectivity index (χ1n) is 8.38. The van der Waals surface area contributed by atoms with E-state index >= 15 is 0 Å². The van der Waals surface area contributed by atoms with Gasteiger partial charge in [-0.2, -0.15) is 0 Å². The van der Waals surface area contributed by atoms with Gasteiger partial charge in [0.2, 0.25) is 0 Å². The highest BCUT2D eigenvalue weighted by atomic mass is 14.7. The van der Waals surface area contributed by atoms with E-state index in [9.17, 15) is 0 Å². The summed E-state index contributed by atoms with van der Waals surface area (Å²) in [5, 5.41) is 1.34. The Labute approximate surface area is 134 Å². The van der Waals surface area contributed by atoms with Crippen molar-refractivity contribution >= 4 is 17.0 Å². The predicted molar refractivity (Wildman–Crippen MR) is 99.2 cm³/mol. The highest BCUT2D eigenvalue weighted by Crippen LogP contribution is 2.31. The average Bonchev–Trinajstić information content (AvgIpc) is 2.91. The Kier molecular flexibility index (Phi) is 5.83. The van der Waals surface area contributed by atoms with Gasteiger partial charge in [-0.25, -0.2) is 0 Å². The summed E-state index contributed by atoms with van der Waals surface area (Å²) in [7, 11) is 0. The molecule has 0 spiro atoms. The van der Waals surface area contributed by atoms with Crippen LogP contribution in [0, 0.1) is 5.92 Å². The van der Waals surface area contributed by atoms with E-state index in [1.807, 2.05) is 13.8 Å². The van der Waals surface area contributed by atoms with Crippen LogP contribution in [0.25, 0.3) is 17.0 Å². The van der Waals surface area contributed by atoms with Crippen molar-refractivity contribution in [2.45, 2.75) is 40.0 Å². The maximum Gasteiger partial charge on any atom is 0.0461 e. The topological polar surface area (TPSA) is 15.8 Å². The molecule has 0 fully saturated rings. The third-order valence-electron chi connectivity index (χ3n) is 3.94. The van der Waals surface area contributed by atoms with Crippen LogP contribution in [0.1, 0.15) is 51.3 Å². The van der Waals surface area contributed by atoms with E-state index in [1.165, 1.54) is 22.2 Å². The lowest BCUT2D eigenvalue weighted by atomic mass is 9.96. The SMILES string of the molecule is CC.CC1/C=C\C/C=C\C(C)c2c([nH]c3ccccc23)/C=C\1. The van der Waals surface area contributed by atoms with Crippen LogP contribution >= 0.6 is 0 Å². The molecule has 22 heavy (non-hydrogen) atoms. The van der Waals surface area contributed by atoms with E-state index < -0.39 is 0 Å². The number of hydrogen-bond donors (Lipinski definition) is 1. The van der Waals surface area contributed by atoms with Gasteiger partial charge >= 0.3 is 0 Å². The Balaban J connectivity index is 0.000000847. The second kappa shape index (κ2) is 7.84. The minimum Gasteiger partial charge on any atom is -0.355 e. The molecule has 1 aromatic carbocycles. The number of aromatic amines is 1. The van der Waals surface area contributed by atoms with Crippen molar-refractivity contribution in [3.63, 3.8) is 0 Å². The fourth-order valence-electron chi connectivity index (χ4n) is 2.87. The maximum absolute atomic E-state index is 3.56. The van der Waals surface area contributed by atoms with E-state index in [0.717, 1.165) is 6.42 Å². The predicted octanol–water partition coefficient (Wildman–Crippen LogP) is 6.46. The molecule has 1 aliphatic carbocycles.